The summed E-state index contributed by atoms with van der Waals surface area (Å²) in [6.07, 6.45) is 0. The first-order chi connectivity index (χ1) is 6.70. The molecule has 2 aromatic rings. The van der Waals surface area contributed by atoms with Gasteiger partial charge in [-0.05, 0) is 23.0 Å². The monoisotopic (exact) mass is 226 g/mol. The van der Waals surface area contributed by atoms with E-state index in [2.05, 4.69) is 4.37 Å². The molecule has 0 aliphatic heterocycles. The van der Waals surface area contributed by atoms with E-state index in [1.54, 1.807) is 0 Å². The summed E-state index contributed by atoms with van der Waals surface area (Å²) in [6, 6.07) is 3.74. The molecule has 2 heterocycles. The Kier molecular flexibility index (Phi) is 2.22. The van der Waals surface area contributed by atoms with Gasteiger partial charge in [-0.3, -0.25) is 0 Å². The van der Waals surface area contributed by atoms with Gasteiger partial charge in [0, 0.05) is 0 Å². The highest BCUT2D eigenvalue weighted by Gasteiger charge is 2.17. The van der Waals surface area contributed by atoms with E-state index in [0.29, 0.717) is 5.69 Å². The van der Waals surface area contributed by atoms with E-state index in [-0.39, 0.29) is 10.6 Å². The Morgan fingerprint density at radius 1 is 1.57 bits per heavy atom. The summed E-state index contributed by atoms with van der Waals surface area (Å²) < 4.78 is 4.03. The summed E-state index contributed by atoms with van der Waals surface area (Å²) in [5.74, 6) is -1.03. The van der Waals surface area contributed by atoms with E-state index < -0.39 is 5.97 Å². The van der Waals surface area contributed by atoms with Crippen molar-refractivity contribution in [2.45, 2.75) is 0 Å². The number of thiophene rings is 1. The topological polar surface area (TPSA) is 76.2 Å². The molecule has 14 heavy (non-hydrogen) atoms. The van der Waals surface area contributed by atoms with Crippen LogP contribution in [0.15, 0.2) is 17.5 Å². The van der Waals surface area contributed by atoms with Crippen LogP contribution in [-0.2, 0) is 0 Å². The van der Waals surface area contributed by atoms with Crippen molar-refractivity contribution in [1.82, 2.24) is 4.37 Å². The second kappa shape index (κ2) is 3.39. The Morgan fingerprint density at radius 2 is 2.36 bits per heavy atom. The molecule has 0 spiro atoms. The van der Waals surface area contributed by atoms with Crippen LogP contribution in [-0.4, -0.2) is 15.4 Å². The van der Waals surface area contributed by atoms with E-state index in [1.165, 1.54) is 11.3 Å². The van der Waals surface area contributed by atoms with Gasteiger partial charge >= 0.3 is 5.97 Å². The molecular formula is C8H6N2O2S2. The molecule has 0 unspecified atom stereocenters. The van der Waals surface area contributed by atoms with Crippen LogP contribution in [0, 0.1) is 0 Å². The summed E-state index contributed by atoms with van der Waals surface area (Å²) in [6.45, 7) is 0. The Balaban J connectivity index is 2.52. The van der Waals surface area contributed by atoms with E-state index in [9.17, 15) is 4.79 Å². The number of carbonyl (C=O) groups is 1. The maximum absolute atomic E-state index is 10.7. The maximum Gasteiger partial charge on any atom is 0.349 e. The van der Waals surface area contributed by atoms with Gasteiger partial charge in [0.2, 0.25) is 0 Å². The fourth-order valence-electron chi connectivity index (χ4n) is 1.04. The summed E-state index contributed by atoms with van der Waals surface area (Å²) in [4.78, 5) is 11.7. The highest BCUT2D eigenvalue weighted by atomic mass is 32.1. The zero-order chi connectivity index (χ0) is 10.1. The molecule has 0 amide bonds. The molecule has 4 nitrogen and oxygen atoms in total. The molecule has 0 aliphatic rings. The van der Waals surface area contributed by atoms with Crippen LogP contribution in [0.4, 0.5) is 5.69 Å². The van der Waals surface area contributed by atoms with Gasteiger partial charge in [-0.25, -0.2) is 4.79 Å². The van der Waals surface area contributed by atoms with Crippen molar-refractivity contribution in [1.29, 1.82) is 0 Å². The van der Waals surface area contributed by atoms with Crippen molar-refractivity contribution in [2.24, 2.45) is 0 Å². The predicted molar refractivity (Wildman–Crippen MR) is 56.8 cm³/mol. The van der Waals surface area contributed by atoms with Crippen LogP contribution in [0.25, 0.3) is 10.6 Å². The van der Waals surface area contributed by atoms with Crippen LogP contribution in [0.1, 0.15) is 9.67 Å². The molecule has 0 aromatic carbocycles. The zero-order valence-electron chi connectivity index (χ0n) is 6.93. The second-order valence-electron chi connectivity index (χ2n) is 2.56. The number of rotatable bonds is 2. The Hall–Kier alpha value is -1.40. The third-order valence-corrected chi connectivity index (χ3v) is 3.40. The molecular weight excluding hydrogens is 220 g/mol. The lowest BCUT2D eigenvalue weighted by atomic mass is 10.3. The number of aromatic nitrogens is 1. The third-order valence-electron chi connectivity index (χ3n) is 1.68. The normalized spacial score (nSPS) is 10.3. The zero-order valence-corrected chi connectivity index (χ0v) is 8.56. The Bertz CT molecular complexity index is 462. The van der Waals surface area contributed by atoms with E-state index in [0.717, 1.165) is 16.4 Å². The molecule has 72 valence electrons. The third kappa shape index (κ3) is 1.38. The Morgan fingerprint density at radius 3 is 2.86 bits per heavy atom. The van der Waals surface area contributed by atoms with Crippen molar-refractivity contribution in [2.75, 3.05) is 5.73 Å². The highest BCUT2D eigenvalue weighted by molar-refractivity contribution is 7.14. The molecule has 3 N–H and O–H groups in total. The van der Waals surface area contributed by atoms with Crippen LogP contribution >= 0.6 is 22.9 Å². The molecule has 0 fully saturated rings. The summed E-state index contributed by atoms with van der Waals surface area (Å²) in [5, 5.41) is 10.7. The van der Waals surface area contributed by atoms with Crippen molar-refractivity contribution < 1.29 is 9.90 Å². The minimum absolute atomic E-state index is 0.105. The van der Waals surface area contributed by atoms with Gasteiger partial charge in [0.25, 0.3) is 0 Å². The fourth-order valence-corrected chi connectivity index (χ4v) is 2.48. The summed E-state index contributed by atoms with van der Waals surface area (Å²) >= 11 is 2.40. The van der Waals surface area contributed by atoms with Gasteiger partial charge in [0.05, 0.1) is 10.6 Å². The molecule has 2 aromatic heterocycles. The minimum Gasteiger partial charge on any atom is -0.477 e. The molecule has 2 rings (SSSR count). The second-order valence-corrected chi connectivity index (χ2v) is 4.28. The van der Waals surface area contributed by atoms with E-state index in [1.807, 2.05) is 17.5 Å². The van der Waals surface area contributed by atoms with Crippen LogP contribution in [0.3, 0.4) is 0 Å². The number of nitrogens with two attached hydrogens (primary N) is 1. The number of nitrogen functional groups attached to an aromatic ring is 1. The molecule has 6 heteroatoms. The SMILES string of the molecule is Nc1c(-c2cccs2)nsc1C(=O)O. The number of nitrogens with zero attached hydrogens (tertiary/aromatic N) is 1. The first-order valence-corrected chi connectivity index (χ1v) is 5.37. The first kappa shape index (κ1) is 9.17. The van der Waals surface area contributed by atoms with Gasteiger partial charge in [0.15, 0.2) is 4.88 Å². The Labute approximate surface area is 87.8 Å². The lowest BCUT2D eigenvalue weighted by Gasteiger charge is -1.93. The summed E-state index contributed by atoms with van der Waals surface area (Å²) in [7, 11) is 0. The average molecular weight is 226 g/mol. The lowest BCUT2D eigenvalue weighted by Crippen LogP contribution is -1.97. The van der Waals surface area contributed by atoms with Gasteiger partial charge < -0.3 is 10.8 Å². The number of anilines is 1. The molecule has 0 aliphatic carbocycles. The largest absolute Gasteiger partial charge is 0.477 e. The van der Waals surface area contributed by atoms with Crippen molar-refractivity contribution in [3.05, 3.63) is 22.4 Å². The number of carboxylic acids is 1. The predicted octanol–water partition coefficient (Wildman–Crippen LogP) is 2.15. The lowest BCUT2D eigenvalue weighted by molar-refractivity contribution is 0.0703. The molecule has 0 saturated carbocycles. The number of aromatic carboxylic acids is 1. The fraction of sp³-hybridized carbons (Fsp3) is 0. The van der Waals surface area contributed by atoms with Crippen molar-refractivity contribution in [3.8, 4) is 10.6 Å². The van der Waals surface area contributed by atoms with Crippen LogP contribution in [0.2, 0.25) is 0 Å². The van der Waals surface area contributed by atoms with Crippen LogP contribution < -0.4 is 5.73 Å². The number of carboxylic acid groups (broad SMARTS) is 1. The van der Waals surface area contributed by atoms with Gasteiger partial charge in [-0.1, -0.05) is 6.07 Å². The minimum atomic E-state index is -1.03. The standard InChI is InChI=1S/C8H6N2O2S2/c9-5-6(4-2-1-3-13-4)10-14-7(5)8(11)12/h1-3H,9H2,(H,11,12). The van der Waals surface area contributed by atoms with Crippen LogP contribution in [0.5, 0.6) is 0 Å². The summed E-state index contributed by atoms with van der Waals surface area (Å²) in [5.41, 5.74) is 6.50. The molecule has 0 radical (unpaired) electrons. The van der Waals surface area contributed by atoms with Gasteiger partial charge in [0.1, 0.15) is 5.69 Å². The molecule has 0 saturated heterocycles. The maximum atomic E-state index is 10.7. The highest BCUT2D eigenvalue weighted by Crippen LogP contribution is 2.33. The smallest absolute Gasteiger partial charge is 0.349 e. The van der Waals surface area contributed by atoms with Gasteiger partial charge in [-0.15, -0.1) is 11.3 Å². The molecule has 0 atom stereocenters. The van der Waals surface area contributed by atoms with Gasteiger partial charge in [-0.2, -0.15) is 4.37 Å². The molecule has 0 bridgehead atoms. The number of hydrogen-bond acceptors (Lipinski definition) is 5. The number of hydrogen-bond donors (Lipinski definition) is 2. The van der Waals surface area contributed by atoms with E-state index in [4.69, 9.17) is 10.8 Å². The van der Waals surface area contributed by atoms with Crippen molar-refractivity contribution in [3.63, 3.8) is 0 Å². The average Bonchev–Trinajstić information content (AvgIpc) is 2.71. The quantitative estimate of drug-likeness (QED) is 0.822. The first-order valence-electron chi connectivity index (χ1n) is 3.72. The van der Waals surface area contributed by atoms with E-state index >= 15 is 0 Å². The van der Waals surface area contributed by atoms with Crippen molar-refractivity contribution >= 4 is 34.5 Å².